The summed E-state index contributed by atoms with van der Waals surface area (Å²) in [4.78, 5) is 12.1. The molecule has 2 rings (SSSR count). The highest BCUT2D eigenvalue weighted by atomic mass is 35.5. The fourth-order valence-corrected chi connectivity index (χ4v) is 1.96. The lowest BCUT2D eigenvalue weighted by Gasteiger charge is -2.06. The zero-order valence-corrected chi connectivity index (χ0v) is 13.0. The molecule has 0 aromatic heterocycles. The van der Waals surface area contributed by atoms with E-state index < -0.39 is 5.91 Å². The number of halogens is 1. The zero-order chi connectivity index (χ0) is 16.8. The summed E-state index contributed by atoms with van der Waals surface area (Å²) in [5.41, 5.74) is 1.01. The number of nitrogens with one attached hydrogen (secondary N) is 1. The minimum absolute atomic E-state index is 0.0197. The van der Waals surface area contributed by atoms with Gasteiger partial charge in [0.15, 0.2) is 11.5 Å². The third-order valence-electron chi connectivity index (χ3n) is 2.98. The third-order valence-corrected chi connectivity index (χ3v) is 3.23. The highest BCUT2D eigenvalue weighted by Gasteiger charge is 2.10. The van der Waals surface area contributed by atoms with E-state index in [1.54, 1.807) is 30.3 Å². The van der Waals surface area contributed by atoms with E-state index in [4.69, 9.17) is 16.3 Å². The van der Waals surface area contributed by atoms with E-state index in [0.29, 0.717) is 16.3 Å². The highest BCUT2D eigenvalue weighted by Crippen LogP contribution is 2.27. The fourth-order valence-electron chi connectivity index (χ4n) is 1.83. The number of carbonyl (C=O) groups excluding carboxylic acids is 1. The second kappa shape index (κ2) is 7.34. The maximum absolute atomic E-state index is 12.1. The number of phenolic OH excluding ortho intramolecular Hbond substituents is 1. The van der Waals surface area contributed by atoms with Gasteiger partial charge < -0.3 is 15.2 Å². The molecular formula is C17H13ClN2O3. The molecule has 5 nitrogen and oxygen atoms in total. The van der Waals surface area contributed by atoms with Crippen LogP contribution in [0.25, 0.3) is 6.08 Å². The number of benzene rings is 2. The maximum Gasteiger partial charge on any atom is 0.266 e. The quantitative estimate of drug-likeness (QED) is 0.663. The summed E-state index contributed by atoms with van der Waals surface area (Å²) in [6.07, 6.45) is 1.41. The van der Waals surface area contributed by atoms with Gasteiger partial charge in [-0.15, -0.1) is 0 Å². The minimum atomic E-state index is -0.540. The normalized spacial score (nSPS) is 10.7. The molecule has 0 spiro atoms. The number of hydrogen-bond donors (Lipinski definition) is 2. The van der Waals surface area contributed by atoms with Gasteiger partial charge in [0.05, 0.1) is 7.11 Å². The van der Waals surface area contributed by atoms with E-state index in [2.05, 4.69) is 5.32 Å². The Balaban J connectivity index is 2.23. The van der Waals surface area contributed by atoms with Gasteiger partial charge in [-0.2, -0.15) is 5.26 Å². The molecule has 2 N–H and O–H groups in total. The number of hydrogen-bond acceptors (Lipinski definition) is 4. The molecule has 23 heavy (non-hydrogen) atoms. The largest absolute Gasteiger partial charge is 0.504 e. The molecule has 2 aromatic carbocycles. The molecule has 0 aliphatic carbocycles. The average molecular weight is 329 g/mol. The topological polar surface area (TPSA) is 82.3 Å². The number of nitriles is 1. The predicted octanol–water partition coefficient (Wildman–Crippen LogP) is 3.60. The van der Waals surface area contributed by atoms with E-state index in [9.17, 15) is 15.2 Å². The lowest BCUT2D eigenvalue weighted by atomic mass is 10.1. The van der Waals surface area contributed by atoms with Crippen molar-refractivity contribution in [3.63, 3.8) is 0 Å². The van der Waals surface area contributed by atoms with Crippen LogP contribution in [-0.4, -0.2) is 18.1 Å². The van der Waals surface area contributed by atoms with Crippen LogP contribution in [0.2, 0.25) is 5.02 Å². The molecule has 1 amide bonds. The summed E-state index contributed by atoms with van der Waals surface area (Å²) in [7, 11) is 1.42. The fraction of sp³-hybridized carbons (Fsp3) is 0.0588. The van der Waals surface area contributed by atoms with Crippen molar-refractivity contribution in [1.82, 2.24) is 0 Å². The molecular weight excluding hydrogens is 316 g/mol. The van der Waals surface area contributed by atoms with Crippen LogP contribution in [-0.2, 0) is 4.79 Å². The van der Waals surface area contributed by atoms with Gasteiger partial charge in [0.1, 0.15) is 11.6 Å². The van der Waals surface area contributed by atoms with Gasteiger partial charge in [0.2, 0.25) is 0 Å². The van der Waals surface area contributed by atoms with Gasteiger partial charge in [-0.25, -0.2) is 0 Å². The van der Waals surface area contributed by atoms with Crippen molar-refractivity contribution in [3.05, 3.63) is 58.6 Å². The van der Waals surface area contributed by atoms with Crippen molar-refractivity contribution in [2.75, 3.05) is 12.4 Å². The number of ether oxygens (including phenoxy) is 1. The van der Waals surface area contributed by atoms with Gasteiger partial charge in [-0.1, -0.05) is 17.7 Å². The Morgan fingerprint density at radius 1 is 1.30 bits per heavy atom. The van der Waals surface area contributed by atoms with E-state index in [0.717, 1.165) is 0 Å². The number of amides is 1. The van der Waals surface area contributed by atoms with E-state index in [1.807, 2.05) is 6.07 Å². The van der Waals surface area contributed by atoms with E-state index in [-0.39, 0.29) is 17.1 Å². The summed E-state index contributed by atoms with van der Waals surface area (Å²) in [6.45, 7) is 0. The lowest BCUT2D eigenvalue weighted by molar-refractivity contribution is -0.112. The lowest BCUT2D eigenvalue weighted by Crippen LogP contribution is -2.13. The highest BCUT2D eigenvalue weighted by molar-refractivity contribution is 6.30. The molecule has 0 heterocycles. The number of aromatic hydroxyl groups is 1. The van der Waals surface area contributed by atoms with Gasteiger partial charge in [-0.05, 0) is 48.0 Å². The van der Waals surface area contributed by atoms with Crippen LogP contribution in [0.3, 0.4) is 0 Å². The minimum Gasteiger partial charge on any atom is -0.504 e. The number of carbonyl (C=O) groups is 1. The molecule has 6 heteroatoms. The first kappa shape index (κ1) is 16.4. The van der Waals surface area contributed by atoms with Crippen LogP contribution in [0.5, 0.6) is 11.5 Å². The van der Waals surface area contributed by atoms with Crippen molar-refractivity contribution in [3.8, 4) is 17.6 Å². The number of rotatable bonds is 4. The molecule has 0 atom stereocenters. The molecule has 116 valence electrons. The van der Waals surface area contributed by atoms with Crippen LogP contribution in [0.15, 0.2) is 48.0 Å². The second-order valence-corrected chi connectivity index (χ2v) is 5.00. The van der Waals surface area contributed by atoms with Crippen LogP contribution < -0.4 is 10.1 Å². The predicted molar refractivity (Wildman–Crippen MR) is 88.3 cm³/mol. The van der Waals surface area contributed by atoms with Gasteiger partial charge in [0, 0.05) is 10.7 Å². The molecule has 0 fully saturated rings. The second-order valence-electron chi connectivity index (χ2n) is 4.56. The molecule has 0 unspecified atom stereocenters. The van der Waals surface area contributed by atoms with Crippen molar-refractivity contribution >= 4 is 29.3 Å². The molecule has 0 radical (unpaired) electrons. The Labute approximate surface area is 138 Å². The molecule has 0 saturated heterocycles. The van der Waals surface area contributed by atoms with Crippen molar-refractivity contribution in [1.29, 1.82) is 5.26 Å². The smallest absolute Gasteiger partial charge is 0.266 e. The Morgan fingerprint density at radius 3 is 2.61 bits per heavy atom. The molecule has 2 aromatic rings. The van der Waals surface area contributed by atoms with E-state index >= 15 is 0 Å². The Morgan fingerprint density at radius 2 is 2.00 bits per heavy atom. The molecule has 0 aliphatic rings. The van der Waals surface area contributed by atoms with E-state index in [1.165, 1.54) is 25.3 Å². The first-order valence-electron chi connectivity index (χ1n) is 6.59. The monoisotopic (exact) mass is 328 g/mol. The maximum atomic E-state index is 12.1. The first-order chi connectivity index (χ1) is 11.0. The SMILES string of the molecule is COc1cc(C=C(C#N)C(=O)Nc2ccc(Cl)cc2)ccc1O. The van der Waals surface area contributed by atoms with Crippen LogP contribution in [0.1, 0.15) is 5.56 Å². The number of methoxy groups -OCH3 is 1. The van der Waals surface area contributed by atoms with Gasteiger partial charge in [0.25, 0.3) is 5.91 Å². The van der Waals surface area contributed by atoms with Crippen molar-refractivity contribution < 1.29 is 14.6 Å². The Bertz CT molecular complexity index is 792. The summed E-state index contributed by atoms with van der Waals surface area (Å²) in [5.74, 6) is -0.301. The third kappa shape index (κ3) is 4.25. The van der Waals surface area contributed by atoms with Crippen molar-refractivity contribution in [2.24, 2.45) is 0 Å². The van der Waals surface area contributed by atoms with Crippen LogP contribution in [0.4, 0.5) is 5.69 Å². The van der Waals surface area contributed by atoms with Crippen LogP contribution >= 0.6 is 11.6 Å². The average Bonchev–Trinajstić information content (AvgIpc) is 2.56. The Kier molecular flexibility index (Phi) is 5.23. The number of anilines is 1. The standard InChI is InChI=1S/C17H13ClN2O3/c1-23-16-9-11(2-7-15(16)21)8-12(10-19)17(22)20-14-5-3-13(18)4-6-14/h2-9,21H,1H3,(H,20,22). The summed E-state index contributed by atoms with van der Waals surface area (Å²) in [6, 6.07) is 12.9. The number of phenols is 1. The molecule has 0 saturated carbocycles. The van der Waals surface area contributed by atoms with Crippen molar-refractivity contribution in [2.45, 2.75) is 0 Å². The van der Waals surface area contributed by atoms with Crippen LogP contribution in [0, 0.1) is 11.3 Å². The summed E-state index contributed by atoms with van der Waals surface area (Å²) >= 11 is 5.78. The van der Waals surface area contributed by atoms with Gasteiger partial charge >= 0.3 is 0 Å². The molecule has 0 bridgehead atoms. The number of nitrogens with zero attached hydrogens (tertiary/aromatic N) is 1. The van der Waals surface area contributed by atoms with Gasteiger partial charge in [-0.3, -0.25) is 4.79 Å². The summed E-state index contributed by atoms with van der Waals surface area (Å²) < 4.78 is 4.99. The zero-order valence-electron chi connectivity index (χ0n) is 12.2. The first-order valence-corrected chi connectivity index (χ1v) is 6.97. The molecule has 0 aliphatic heterocycles. The summed E-state index contributed by atoms with van der Waals surface area (Å²) in [5, 5.41) is 21.9. The Hall–Kier alpha value is -2.97.